The Morgan fingerprint density at radius 2 is 2.00 bits per heavy atom. The van der Waals surface area contributed by atoms with E-state index < -0.39 is 5.85 Å². The van der Waals surface area contributed by atoms with Crippen LogP contribution in [0.25, 0.3) is 0 Å². The Labute approximate surface area is 73.2 Å². The average molecular weight is 174 g/mol. The van der Waals surface area contributed by atoms with E-state index in [4.69, 9.17) is 16.2 Å². The van der Waals surface area contributed by atoms with Crippen LogP contribution in [-0.4, -0.2) is 11.8 Å². The van der Waals surface area contributed by atoms with Gasteiger partial charge in [-0.25, -0.2) is 0 Å². The van der Waals surface area contributed by atoms with Crippen molar-refractivity contribution in [2.45, 2.75) is 45.4 Å². The van der Waals surface area contributed by atoms with E-state index in [0.717, 1.165) is 12.8 Å². The Kier molecular flexibility index (Phi) is 4.85. The van der Waals surface area contributed by atoms with Crippen molar-refractivity contribution in [3.63, 3.8) is 0 Å². The van der Waals surface area contributed by atoms with Crippen molar-refractivity contribution in [3.05, 3.63) is 0 Å². The van der Waals surface area contributed by atoms with Gasteiger partial charge in [0.15, 0.2) is 0 Å². The lowest BCUT2D eigenvalue weighted by atomic mass is 10.2. The number of nitrogens with two attached hydrogens (primary N) is 2. The predicted octanol–water partition coefficient (Wildman–Crippen LogP) is 0.701. The molecule has 72 valence electrons. The number of ether oxygens (including phenoxy) is 1. The summed E-state index contributed by atoms with van der Waals surface area (Å²) in [6.45, 7) is 3.73. The summed E-state index contributed by atoms with van der Waals surface area (Å²) in [5, 5.41) is 0. The molecule has 0 saturated carbocycles. The maximum absolute atomic E-state index is 10.8. The fourth-order valence-electron chi connectivity index (χ4n) is 0.788. The second-order valence-corrected chi connectivity index (χ2v) is 2.89. The van der Waals surface area contributed by atoms with Crippen LogP contribution in [0.2, 0.25) is 0 Å². The summed E-state index contributed by atoms with van der Waals surface area (Å²) in [7, 11) is 0. The van der Waals surface area contributed by atoms with Crippen LogP contribution in [-0.2, 0) is 9.53 Å². The van der Waals surface area contributed by atoms with Gasteiger partial charge in [0.1, 0.15) is 0 Å². The van der Waals surface area contributed by atoms with Crippen LogP contribution < -0.4 is 11.5 Å². The molecule has 0 aliphatic carbocycles. The lowest BCUT2D eigenvalue weighted by Crippen LogP contribution is -2.53. The van der Waals surface area contributed by atoms with Gasteiger partial charge in [0.05, 0.1) is 0 Å². The molecule has 0 amide bonds. The molecule has 0 aromatic heterocycles. The van der Waals surface area contributed by atoms with Crippen molar-refractivity contribution in [3.8, 4) is 0 Å². The standard InChI is InChI=1S/C8H18N2O2/c1-3-5-6-8(9,10)12-7(11)4-2/h3-6,9-10H2,1-2H3. The largest absolute Gasteiger partial charge is 0.431 e. The van der Waals surface area contributed by atoms with Gasteiger partial charge in [-0.3, -0.25) is 16.3 Å². The normalized spacial score (nSPS) is 11.3. The minimum absolute atomic E-state index is 0.308. The molecular weight excluding hydrogens is 156 g/mol. The lowest BCUT2D eigenvalue weighted by molar-refractivity contribution is -0.159. The van der Waals surface area contributed by atoms with Gasteiger partial charge in [0.25, 0.3) is 0 Å². The van der Waals surface area contributed by atoms with Gasteiger partial charge in [-0.2, -0.15) is 0 Å². The molecule has 0 unspecified atom stereocenters. The Hall–Kier alpha value is -0.610. The zero-order valence-corrected chi connectivity index (χ0v) is 7.80. The molecule has 0 bridgehead atoms. The number of hydrogen-bond acceptors (Lipinski definition) is 4. The first-order valence-corrected chi connectivity index (χ1v) is 4.31. The molecule has 4 N–H and O–H groups in total. The topological polar surface area (TPSA) is 78.3 Å². The van der Waals surface area contributed by atoms with E-state index in [1.807, 2.05) is 6.92 Å². The van der Waals surface area contributed by atoms with Crippen molar-refractivity contribution in [1.29, 1.82) is 0 Å². The Bertz CT molecular complexity index is 146. The van der Waals surface area contributed by atoms with Crippen molar-refractivity contribution in [2.24, 2.45) is 11.5 Å². The molecule has 4 nitrogen and oxygen atoms in total. The highest BCUT2D eigenvalue weighted by Gasteiger charge is 2.22. The molecule has 0 atom stereocenters. The highest BCUT2D eigenvalue weighted by atomic mass is 16.6. The van der Waals surface area contributed by atoms with Crippen LogP contribution in [0.3, 0.4) is 0 Å². The molecule has 0 fully saturated rings. The van der Waals surface area contributed by atoms with E-state index in [9.17, 15) is 4.79 Å². The fraction of sp³-hybridized carbons (Fsp3) is 0.875. The third-order valence-electron chi connectivity index (χ3n) is 1.51. The first kappa shape index (κ1) is 11.4. The van der Waals surface area contributed by atoms with Gasteiger partial charge in [-0.05, 0) is 6.42 Å². The highest BCUT2D eigenvalue weighted by Crippen LogP contribution is 2.07. The fourth-order valence-corrected chi connectivity index (χ4v) is 0.788. The number of esters is 1. The van der Waals surface area contributed by atoms with E-state index in [1.165, 1.54) is 0 Å². The molecule has 0 aromatic carbocycles. The first-order chi connectivity index (χ1) is 5.52. The molecule has 0 aliphatic heterocycles. The molecule has 0 radical (unpaired) electrons. The Morgan fingerprint density at radius 3 is 2.42 bits per heavy atom. The zero-order chi connectivity index (χ0) is 9.61. The third kappa shape index (κ3) is 5.09. The van der Waals surface area contributed by atoms with Crippen LogP contribution in [0.15, 0.2) is 0 Å². The maximum Gasteiger partial charge on any atom is 0.308 e. The summed E-state index contributed by atoms with van der Waals surface area (Å²) >= 11 is 0. The molecule has 0 rings (SSSR count). The molecule has 0 aliphatic rings. The lowest BCUT2D eigenvalue weighted by Gasteiger charge is -2.23. The van der Waals surface area contributed by atoms with Gasteiger partial charge >= 0.3 is 5.97 Å². The Balaban J connectivity index is 3.77. The van der Waals surface area contributed by atoms with Gasteiger partial charge < -0.3 is 4.74 Å². The minimum atomic E-state index is -1.27. The molecule has 0 heterocycles. The summed E-state index contributed by atoms with van der Waals surface area (Å²) in [5.41, 5.74) is 11.0. The molecule has 0 aromatic rings. The van der Waals surface area contributed by atoms with Gasteiger partial charge in [-0.15, -0.1) is 0 Å². The number of carbonyl (C=O) groups is 1. The van der Waals surface area contributed by atoms with E-state index in [2.05, 4.69) is 0 Å². The van der Waals surface area contributed by atoms with Crippen LogP contribution in [0, 0.1) is 0 Å². The summed E-state index contributed by atoms with van der Waals surface area (Å²) in [4.78, 5) is 10.8. The smallest absolute Gasteiger partial charge is 0.308 e. The molecule has 4 heteroatoms. The molecule has 12 heavy (non-hydrogen) atoms. The average Bonchev–Trinajstić information content (AvgIpc) is 2.00. The zero-order valence-electron chi connectivity index (χ0n) is 7.80. The van der Waals surface area contributed by atoms with E-state index in [1.54, 1.807) is 6.92 Å². The van der Waals surface area contributed by atoms with Gasteiger partial charge in [-0.1, -0.05) is 20.3 Å². The second-order valence-electron chi connectivity index (χ2n) is 2.89. The summed E-state index contributed by atoms with van der Waals surface area (Å²) < 4.78 is 4.81. The summed E-state index contributed by atoms with van der Waals surface area (Å²) in [6, 6.07) is 0. The van der Waals surface area contributed by atoms with Crippen molar-refractivity contribution in [2.75, 3.05) is 0 Å². The van der Waals surface area contributed by atoms with Gasteiger partial charge in [0.2, 0.25) is 5.85 Å². The van der Waals surface area contributed by atoms with Crippen molar-refractivity contribution < 1.29 is 9.53 Å². The number of carbonyl (C=O) groups excluding carboxylic acids is 1. The van der Waals surface area contributed by atoms with Crippen molar-refractivity contribution in [1.82, 2.24) is 0 Å². The predicted molar refractivity (Wildman–Crippen MR) is 47.0 cm³/mol. The molecule has 0 spiro atoms. The van der Waals surface area contributed by atoms with Crippen LogP contribution >= 0.6 is 0 Å². The Morgan fingerprint density at radius 1 is 1.42 bits per heavy atom. The highest BCUT2D eigenvalue weighted by molar-refractivity contribution is 5.69. The van der Waals surface area contributed by atoms with Crippen molar-refractivity contribution >= 4 is 5.97 Å². The van der Waals surface area contributed by atoms with Crippen LogP contribution in [0.5, 0.6) is 0 Å². The summed E-state index contributed by atoms with van der Waals surface area (Å²) in [5.74, 6) is -1.63. The number of rotatable bonds is 5. The third-order valence-corrected chi connectivity index (χ3v) is 1.51. The maximum atomic E-state index is 10.8. The quantitative estimate of drug-likeness (QED) is 0.475. The monoisotopic (exact) mass is 174 g/mol. The van der Waals surface area contributed by atoms with E-state index in [-0.39, 0.29) is 5.97 Å². The first-order valence-electron chi connectivity index (χ1n) is 4.31. The van der Waals surface area contributed by atoms with E-state index in [0.29, 0.717) is 12.8 Å². The second kappa shape index (κ2) is 5.11. The summed E-state index contributed by atoms with van der Waals surface area (Å²) in [6.07, 6.45) is 2.67. The van der Waals surface area contributed by atoms with Crippen LogP contribution in [0.4, 0.5) is 0 Å². The number of hydrogen-bond donors (Lipinski definition) is 2. The van der Waals surface area contributed by atoms with Crippen LogP contribution in [0.1, 0.15) is 39.5 Å². The van der Waals surface area contributed by atoms with Gasteiger partial charge in [0, 0.05) is 12.8 Å². The molecular formula is C8H18N2O2. The minimum Gasteiger partial charge on any atom is -0.431 e. The van der Waals surface area contributed by atoms with E-state index >= 15 is 0 Å². The molecule has 0 saturated heterocycles. The SMILES string of the molecule is CCCCC(N)(N)OC(=O)CC. The number of unbranched alkanes of at least 4 members (excludes halogenated alkanes) is 1.